The van der Waals surface area contributed by atoms with Crippen LogP contribution in [0.3, 0.4) is 0 Å². The van der Waals surface area contributed by atoms with Gasteiger partial charge in [0.05, 0.1) is 36.6 Å². The van der Waals surface area contributed by atoms with E-state index in [-0.39, 0.29) is 94.4 Å². The predicted octanol–water partition coefficient (Wildman–Crippen LogP) is 0.121. The van der Waals surface area contributed by atoms with Crippen molar-refractivity contribution in [3.05, 3.63) is 0 Å². The fraction of sp³-hybridized carbons (Fsp3) is 0.829. The van der Waals surface area contributed by atoms with Crippen molar-refractivity contribution in [3.63, 3.8) is 0 Å². The molecule has 0 aromatic rings. The molecule has 32 nitrogen and oxygen atoms in total. The molecule has 3 aliphatic heterocycles. The Morgan fingerprint density at radius 1 is 0.491 bits per heavy atom. The van der Waals surface area contributed by atoms with Gasteiger partial charge in [0.2, 0.25) is 65.0 Å². The lowest BCUT2D eigenvalue weighted by molar-refractivity contribution is -0.139. The normalized spacial score (nSPS) is 32.5. The van der Waals surface area contributed by atoms with E-state index in [0.29, 0.717) is 122 Å². The molecule has 11 amide bonds. The number of aliphatic hydroxyl groups is 4. The summed E-state index contributed by atoms with van der Waals surface area (Å²) in [6.07, 6.45) is 5.03. The van der Waals surface area contributed by atoms with Gasteiger partial charge in [-0.25, -0.2) is 0 Å². The van der Waals surface area contributed by atoms with E-state index in [0.717, 1.165) is 25.8 Å². The van der Waals surface area contributed by atoms with Crippen LogP contribution in [0.15, 0.2) is 0 Å². The van der Waals surface area contributed by atoms with Gasteiger partial charge in [-0.1, -0.05) is 59.8 Å². The number of aliphatic carboxylic acids is 1. The lowest BCUT2D eigenvalue weighted by Crippen LogP contribution is -2.61. The fourth-order valence-corrected chi connectivity index (χ4v) is 16.2. The standard InChI is InChI=1S/C76H130N14O18/c1-7-17-48-41-58(95)55(40-49-42-81-66-52(49)20-16-36-79-66)84-73(106)63(44(3)92)88-69(102)53(21-13-14-34-77)83-70(103)56(38-45-23-27-50(93)28-24-45)86-75(108)65(76(4,5)6)87-60(97)22-12-9-15-35-78-59(96)33-37-80-72(105)62(43(2)91)89-74(107)64(47-18-10-8-11-19-47)90-71(104)57(39-46-25-29-51(94)30-26-46)85-68(101)54(82-67(48)100)31-32-61(98)99/h43-57,62-66,79,81,91-94H,7-42,77H2,1-6H3,(H,78,96)(H,80,105)(H,82,100)(H,83,103)(H,84,106)(H,85,101)(H,86,108)(H,87,97)(H,88,102)(H,89,107)(H,90,104)(H,98,99)/t43-,44-,45?,46?,48-,49?,50?,51?,52?,53+,54+,55+,56+,57+,62+,63+,64+,65-,66?/m1/s1. The molecule has 3 saturated heterocycles. The summed E-state index contributed by atoms with van der Waals surface area (Å²) in [5.41, 5.74) is 5.02. The average Bonchev–Trinajstić information content (AvgIpc) is 1.59. The number of nitrogens with one attached hydrogen (secondary N) is 13. The van der Waals surface area contributed by atoms with E-state index in [9.17, 15) is 83.1 Å². The van der Waals surface area contributed by atoms with Crippen molar-refractivity contribution in [2.24, 2.45) is 46.7 Å². The maximum absolute atomic E-state index is 15.2. The zero-order chi connectivity index (χ0) is 79.2. The molecule has 15 atom stereocenters. The number of aliphatic hydroxyl groups excluding tert-OH is 4. The lowest BCUT2D eigenvalue weighted by Gasteiger charge is -2.34. The second-order valence-electron chi connectivity index (χ2n) is 32.5. The van der Waals surface area contributed by atoms with Gasteiger partial charge in [-0.2, -0.15) is 0 Å². The minimum atomic E-state index is -1.74. The van der Waals surface area contributed by atoms with Gasteiger partial charge in [-0.3, -0.25) is 62.3 Å². The number of piperidine rings is 1. The van der Waals surface area contributed by atoms with Crippen LogP contribution in [0.25, 0.3) is 0 Å². The molecule has 6 aliphatic rings. The highest BCUT2D eigenvalue weighted by Gasteiger charge is 2.44. The summed E-state index contributed by atoms with van der Waals surface area (Å²) in [5, 5.41) is 90.6. The fourth-order valence-electron chi connectivity index (χ4n) is 16.2. The predicted molar refractivity (Wildman–Crippen MR) is 399 cm³/mol. The van der Waals surface area contributed by atoms with E-state index in [1.165, 1.54) is 13.8 Å². The molecule has 20 N–H and O–H groups in total. The Morgan fingerprint density at radius 2 is 1.04 bits per heavy atom. The zero-order valence-electron chi connectivity index (χ0n) is 64.6. The van der Waals surface area contributed by atoms with E-state index in [1.54, 1.807) is 27.7 Å². The Hall–Kier alpha value is -6.97. The van der Waals surface area contributed by atoms with Crippen molar-refractivity contribution in [2.75, 3.05) is 32.7 Å². The minimum Gasteiger partial charge on any atom is -0.481 e. The van der Waals surface area contributed by atoms with Gasteiger partial charge in [0.15, 0.2) is 5.78 Å². The Morgan fingerprint density at radius 3 is 1.64 bits per heavy atom. The molecule has 612 valence electrons. The number of hydrogen-bond donors (Lipinski definition) is 19. The topological polar surface area (TPSA) is 505 Å². The Kier molecular flexibility index (Phi) is 37.8. The number of Topliss-reactive ketones (excluding diaryl/α,β-unsaturated/α-hetero) is 1. The van der Waals surface area contributed by atoms with Crippen LogP contribution in [0.1, 0.15) is 241 Å². The van der Waals surface area contributed by atoms with Crippen LogP contribution < -0.4 is 74.9 Å². The highest BCUT2D eigenvalue weighted by molar-refractivity contribution is 5.99. The first-order valence-corrected chi connectivity index (χ1v) is 40.3. The summed E-state index contributed by atoms with van der Waals surface area (Å²) in [6.45, 7) is 11.0. The number of fused-ring (bicyclic) bond motifs is 1. The molecule has 32 heteroatoms. The van der Waals surface area contributed by atoms with Gasteiger partial charge in [-0.15, -0.1) is 0 Å². The third-order valence-electron chi connectivity index (χ3n) is 22.6. The molecule has 108 heavy (non-hydrogen) atoms. The van der Waals surface area contributed by atoms with Crippen LogP contribution in [-0.2, 0) is 62.3 Å². The number of carboxylic acid groups (broad SMARTS) is 1. The summed E-state index contributed by atoms with van der Waals surface area (Å²) in [6, 6.07) is -12.8. The number of rotatable bonds is 18. The molecule has 0 bridgehead atoms. The summed E-state index contributed by atoms with van der Waals surface area (Å²) < 4.78 is 0. The van der Waals surface area contributed by atoms with Crippen LogP contribution in [-0.4, -0.2) is 220 Å². The Labute approximate surface area is 636 Å². The summed E-state index contributed by atoms with van der Waals surface area (Å²) in [4.78, 5) is 187. The van der Waals surface area contributed by atoms with Gasteiger partial charge in [0.25, 0.3) is 0 Å². The number of nitrogens with two attached hydrogens (primary N) is 1. The third kappa shape index (κ3) is 29.7. The van der Waals surface area contributed by atoms with Crippen molar-refractivity contribution in [1.29, 1.82) is 0 Å². The van der Waals surface area contributed by atoms with E-state index >= 15 is 4.79 Å². The quantitative estimate of drug-likeness (QED) is 0.0811. The molecule has 3 heterocycles. The molecular weight excluding hydrogens is 1400 g/mol. The van der Waals surface area contributed by atoms with Crippen molar-refractivity contribution in [1.82, 2.24) is 69.1 Å². The SMILES string of the molecule is CCC[C@@H]1CC(=O)[C@H](CC2CNC3NCCCC23)NC(=O)[C@H]([C@@H](C)O)NC(=O)[C@H](CCCCN)NC(=O)[C@H](CC2CCC(O)CC2)NC(=O)[C@H](C(C)(C)C)NC(=O)CCCCCNC(=O)CCNC(=O)[C@H]([C@@H](C)O)NC(=O)[C@H](C2CCCCC2)NC(=O)[C@H](CC2CCC(O)CC2)NC(=O)[C@H](CCC(=O)O)NC1=O. The van der Waals surface area contributed by atoms with Crippen molar-refractivity contribution in [3.8, 4) is 0 Å². The molecular formula is C76H130N14O18. The number of carbonyl (C=O) groups is 13. The molecule has 0 aromatic carbocycles. The maximum Gasteiger partial charge on any atom is 0.303 e. The molecule has 3 saturated carbocycles. The summed E-state index contributed by atoms with van der Waals surface area (Å²) >= 11 is 0. The highest BCUT2D eigenvalue weighted by atomic mass is 16.4. The third-order valence-corrected chi connectivity index (χ3v) is 22.6. The van der Waals surface area contributed by atoms with E-state index in [2.05, 4.69) is 69.1 Å². The van der Waals surface area contributed by atoms with Gasteiger partial charge >= 0.3 is 5.97 Å². The number of carbonyl (C=O) groups excluding carboxylic acids is 12. The smallest absolute Gasteiger partial charge is 0.303 e. The van der Waals surface area contributed by atoms with Gasteiger partial charge in [-0.05, 0) is 210 Å². The van der Waals surface area contributed by atoms with Crippen LogP contribution >= 0.6 is 0 Å². The van der Waals surface area contributed by atoms with E-state index in [1.807, 2.05) is 0 Å². The molecule has 0 radical (unpaired) electrons. The van der Waals surface area contributed by atoms with Crippen LogP contribution in [0.2, 0.25) is 0 Å². The van der Waals surface area contributed by atoms with Gasteiger partial charge in [0, 0.05) is 44.7 Å². The number of carboxylic acids is 1. The number of ketones is 1. The largest absolute Gasteiger partial charge is 0.481 e. The minimum absolute atomic E-state index is 0.00109. The average molecular weight is 1530 g/mol. The Balaban J connectivity index is 1.36. The second-order valence-corrected chi connectivity index (χ2v) is 32.5. The first-order valence-electron chi connectivity index (χ1n) is 40.3. The monoisotopic (exact) mass is 1530 g/mol. The van der Waals surface area contributed by atoms with Gasteiger partial charge in [0.1, 0.15) is 48.3 Å². The molecule has 3 unspecified atom stereocenters. The summed E-state index contributed by atoms with van der Waals surface area (Å²) in [5.74, 6) is -12.5. The summed E-state index contributed by atoms with van der Waals surface area (Å²) in [7, 11) is 0. The molecule has 0 spiro atoms. The van der Waals surface area contributed by atoms with Crippen LogP contribution in [0.5, 0.6) is 0 Å². The highest BCUT2D eigenvalue weighted by Crippen LogP contribution is 2.34. The van der Waals surface area contributed by atoms with E-state index in [4.69, 9.17) is 5.73 Å². The number of hydrogen-bond acceptors (Lipinski definition) is 20. The van der Waals surface area contributed by atoms with Crippen molar-refractivity contribution < 1.29 is 87.9 Å². The molecule has 0 aromatic heterocycles. The first-order chi connectivity index (χ1) is 51.3. The Bertz CT molecular complexity index is 2970. The zero-order valence-corrected chi connectivity index (χ0v) is 64.6. The van der Waals surface area contributed by atoms with Gasteiger partial charge < -0.3 is 100 Å². The van der Waals surface area contributed by atoms with Crippen LogP contribution in [0.4, 0.5) is 0 Å². The van der Waals surface area contributed by atoms with E-state index < -0.39 is 192 Å². The van der Waals surface area contributed by atoms with Crippen molar-refractivity contribution >= 4 is 76.7 Å². The first kappa shape index (κ1) is 89.9. The molecule has 6 rings (SSSR count). The molecule has 6 fully saturated rings. The maximum atomic E-state index is 15.2. The van der Waals surface area contributed by atoms with Crippen molar-refractivity contribution in [2.45, 2.75) is 326 Å². The number of unbranched alkanes of at least 4 members (excludes halogenated alkanes) is 1. The number of amides is 11. The lowest BCUT2D eigenvalue weighted by atomic mass is 9.81. The second kappa shape index (κ2) is 45.4. The van der Waals surface area contributed by atoms with Crippen LogP contribution in [0, 0.1) is 40.9 Å². The molecule has 3 aliphatic carbocycles.